The van der Waals surface area contributed by atoms with Gasteiger partial charge in [-0.1, -0.05) is 28.9 Å². The summed E-state index contributed by atoms with van der Waals surface area (Å²) in [6.45, 7) is 1.78. The molecule has 1 atom stereocenters. The lowest BCUT2D eigenvalue weighted by atomic mass is 10.0. The number of aromatic nitrogens is 1. The van der Waals surface area contributed by atoms with Gasteiger partial charge < -0.3 is 9.42 Å². The van der Waals surface area contributed by atoms with Crippen LogP contribution in [-0.4, -0.2) is 24.3 Å². The molecule has 6 heteroatoms. The number of rotatable bonds is 1. The van der Waals surface area contributed by atoms with Gasteiger partial charge in [0, 0.05) is 12.1 Å². The van der Waals surface area contributed by atoms with Crippen LogP contribution in [0.25, 0.3) is 0 Å². The molecule has 1 aliphatic heterocycles. The molecule has 0 bridgehead atoms. The van der Waals surface area contributed by atoms with Crippen molar-refractivity contribution in [2.24, 2.45) is 4.99 Å². The molecule has 1 aromatic carbocycles. The largest absolute Gasteiger partial charge is 0.359 e. The number of anilines is 1. The first kappa shape index (κ1) is 12.9. The van der Waals surface area contributed by atoms with Gasteiger partial charge >= 0.3 is 0 Å². The van der Waals surface area contributed by atoms with Crippen LogP contribution >= 0.6 is 11.6 Å². The normalized spacial score (nSPS) is 18.1. The van der Waals surface area contributed by atoms with E-state index in [1.54, 1.807) is 26.1 Å². The highest BCUT2D eigenvalue weighted by Gasteiger charge is 2.30. The number of fused-ring (bicyclic) bond motifs is 1. The molecule has 2 aromatic rings. The van der Waals surface area contributed by atoms with Crippen LogP contribution in [0.15, 0.2) is 33.8 Å². The van der Waals surface area contributed by atoms with Crippen molar-refractivity contribution in [1.82, 2.24) is 5.16 Å². The Bertz CT molecular complexity index is 691. The van der Waals surface area contributed by atoms with Crippen molar-refractivity contribution >= 4 is 29.4 Å². The lowest BCUT2D eigenvalue weighted by Crippen LogP contribution is -2.26. The summed E-state index contributed by atoms with van der Waals surface area (Å²) >= 11 is 5.90. The third-order valence-electron chi connectivity index (χ3n) is 3.30. The number of nitrogens with zero attached hydrogens (tertiary/aromatic N) is 3. The van der Waals surface area contributed by atoms with Crippen LogP contribution < -0.4 is 4.90 Å². The zero-order chi connectivity index (χ0) is 14.3. The molecule has 1 aromatic heterocycles. The van der Waals surface area contributed by atoms with E-state index in [0.29, 0.717) is 22.2 Å². The summed E-state index contributed by atoms with van der Waals surface area (Å²) in [5.41, 5.74) is 2.21. The van der Waals surface area contributed by atoms with Crippen molar-refractivity contribution in [1.29, 1.82) is 0 Å². The zero-order valence-electron chi connectivity index (χ0n) is 11.0. The average molecular weight is 290 g/mol. The Morgan fingerprint density at radius 3 is 2.70 bits per heavy atom. The fraction of sp³-hybridized carbons (Fsp3) is 0.214. The number of benzene rings is 1. The van der Waals surface area contributed by atoms with E-state index < -0.39 is 0 Å². The van der Waals surface area contributed by atoms with Crippen LogP contribution in [-0.2, 0) is 4.79 Å². The maximum absolute atomic E-state index is 11.9. The minimum absolute atomic E-state index is 0.200. The molecule has 2 heterocycles. The molecule has 20 heavy (non-hydrogen) atoms. The summed E-state index contributed by atoms with van der Waals surface area (Å²) in [6, 6.07) is 6.95. The number of aliphatic imine (C=N–C) groups is 1. The maximum atomic E-state index is 11.9. The van der Waals surface area contributed by atoms with Gasteiger partial charge in [0.2, 0.25) is 0 Å². The second-order valence-corrected chi connectivity index (χ2v) is 5.04. The molecule has 5 nitrogen and oxygen atoms in total. The average Bonchev–Trinajstić information content (AvgIpc) is 2.76. The lowest BCUT2D eigenvalue weighted by molar-refractivity contribution is -0.111. The highest BCUT2D eigenvalue weighted by atomic mass is 35.5. The highest BCUT2D eigenvalue weighted by molar-refractivity contribution is 6.33. The van der Waals surface area contributed by atoms with Crippen LogP contribution in [0, 0.1) is 6.92 Å². The van der Waals surface area contributed by atoms with E-state index >= 15 is 0 Å². The standard InChI is InChI=1S/C14H12ClN3O2/c1-8-14-13(17-20-8)12(16-7-11(19)18(14)2)9-3-5-10(15)6-4-9/h3-7,12H,1-2H3. The van der Waals surface area contributed by atoms with Gasteiger partial charge in [0.25, 0.3) is 5.91 Å². The summed E-state index contributed by atoms with van der Waals surface area (Å²) in [7, 11) is 1.68. The fourth-order valence-corrected chi connectivity index (χ4v) is 2.39. The number of amides is 1. The highest BCUT2D eigenvalue weighted by Crippen LogP contribution is 2.36. The smallest absolute Gasteiger partial charge is 0.268 e. The van der Waals surface area contributed by atoms with Crippen molar-refractivity contribution in [2.75, 3.05) is 11.9 Å². The molecular weight excluding hydrogens is 278 g/mol. The summed E-state index contributed by atoms with van der Waals surface area (Å²) < 4.78 is 5.22. The van der Waals surface area contributed by atoms with Crippen molar-refractivity contribution in [3.05, 3.63) is 46.3 Å². The maximum Gasteiger partial charge on any atom is 0.268 e. The van der Waals surface area contributed by atoms with Crippen LogP contribution in [0.1, 0.15) is 23.1 Å². The van der Waals surface area contributed by atoms with Gasteiger partial charge in [-0.3, -0.25) is 9.79 Å². The van der Waals surface area contributed by atoms with E-state index in [9.17, 15) is 4.79 Å². The molecule has 0 saturated heterocycles. The molecule has 0 radical (unpaired) electrons. The Kier molecular flexibility index (Phi) is 3.06. The molecule has 0 saturated carbocycles. The van der Waals surface area contributed by atoms with Crippen molar-refractivity contribution < 1.29 is 9.32 Å². The predicted molar refractivity (Wildman–Crippen MR) is 76.4 cm³/mol. The predicted octanol–water partition coefficient (Wildman–Crippen LogP) is 2.77. The SMILES string of the molecule is Cc1onc2c1N(C)C(=O)C=NC2c1ccc(Cl)cc1. The van der Waals surface area contributed by atoms with Gasteiger partial charge in [-0.05, 0) is 24.6 Å². The summed E-state index contributed by atoms with van der Waals surface area (Å²) in [5, 5.41) is 4.71. The molecule has 102 valence electrons. The van der Waals surface area contributed by atoms with Crippen LogP contribution in [0.2, 0.25) is 5.02 Å². The summed E-state index contributed by atoms with van der Waals surface area (Å²) in [5.74, 6) is 0.398. The Morgan fingerprint density at radius 1 is 1.30 bits per heavy atom. The van der Waals surface area contributed by atoms with Gasteiger partial charge in [-0.25, -0.2) is 0 Å². The Balaban J connectivity index is 2.16. The number of aryl methyl sites for hydroxylation is 1. The van der Waals surface area contributed by atoms with Gasteiger partial charge in [0.15, 0.2) is 5.76 Å². The number of carbonyl (C=O) groups excluding carboxylic acids is 1. The van der Waals surface area contributed by atoms with Gasteiger partial charge in [-0.15, -0.1) is 0 Å². The fourth-order valence-electron chi connectivity index (χ4n) is 2.27. The van der Waals surface area contributed by atoms with Crippen LogP contribution in [0.5, 0.6) is 0 Å². The topological polar surface area (TPSA) is 58.7 Å². The minimum Gasteiger partial charge on any atom is -0.359 e. The van der Waals surface area contributed by atoms with E-state index in [-0.39, 0.29) is 11.9 Å². The molecule has 0 N–H and O–H groups in total. The zero-order valence-corrected chi connectivity index (χ0v) is 11.8. The number of hydrogen-bond acceptors (Lipinski definition) is 4. The summed E-state index contributed by atoms with van der Waals surface area (Å²) in [6.07, 6.45) is 1.32. The summed E-state index contributed by atoms with van der Waals surface area (Å²) in [4.78, 5) is 17.8. The van der Waals surface area contributed by atoms with Crippen molar-refractivity contribution in [3.63, 3.8) is 0 Å². The van der Waals surface area contributed by atoms with Crippen molar-refractivity contribution in [2.45, 2.75) is 13.0 Å². The third-order valence-corrected chi connectivity index (χ3v) is 3.55. The molecule has 0 fully saturated rings. The number of carbonyl (C=O) groups is 1. The second kappa shape index (κ2) is 4.76. The van der Waals surface area contributed by atoms with Gasteiger partial charge in [0.05, 0.1) is 6.21 Å². The number of halogens is 1. The molecule has 1 aliphatic rings. The Labute approximate surface area is 120 Å². The first-order chi connectivity index (χ1) is 9.58. The van der Waals surface area contributed by atoms with E-state index in [1.165, 1.54) is 11.1 Å². The molecule has 0 spiro atoms. The molecule has 0 aliphatic carbocycles. The minimum atomic E-state index is -0.367. The van der Waals surface area contributed by atoms with E-state index in [0.717, 1.165) is 5.56 Å². The molecule has 1 amide bonds. The Hall–Kier alpha value is -2.14. The lowest BCUT2D eigenvalue weighted by Gasteiger charge is -2.14. The van der Waals surface area contributed by atoms with Crippen molar-refractivity contribution in [3.8, 4) is 0 Å². The monoisotopic (exact) mass is 289 g/mol. The Morgan fingerprint density at radius 2 is 2.00 bits per heavy atom. The quantitative estimate of drug-likeness (QED) is 0.811. The first-order valence-corrected chi connectivity index (χ1v) is 6.48. The molecular formula is C14H12ClN3O2. The van der Waals surface area contributed by atoms with Crippen LogP contribution in [0.3, 0.4) is 0 Å². The van der Waals surface area contributed by atoms with E-state index in [2.05, 4.69) is 10.1 Å². The first-order valence-electron chi connectivity index (χ1n) is 6.10. The van der Waals surface area contributed by atoms with E-state index in [1.807, 2.05) is 12.1 Å². The molecule has 3 rings (SSSR count). The van der Waals surface area contributed by atoms with Gasteiger partial charge in [0.1, 0.15) is 17.4 Å². The third kappa shape index (κ3) is 2.00. The van der Waals surface area contributed by atoms with E-state index in [4.69, 9.17) is 16.1 Å². The second-order valence-electron chi connectivity index (χ2n) is 4.60. The van der Waals surface area contributed by atoms with Gasteiger partial charge in [-0.2, -0.15) is 0 Å². The molecule has 1 unspecified atom stereocenters. The van der Waals surface area contributed by atoms with Crippen LogP contribution in [0.4, 0.5) is 5.69 Å². The number of hydrogen-bond donors (Lipinski definition) is 0.